The van der Waals surface area contributed by atoms with Crippen molar-refractivity contribution in [2.45, 2.75) is 39.2 Å². The Balaban J connectivity index is 2.09. The van der Waals surface area contributed by atoms with Crippen LogP contribution in [0.25, 0.3) is 0 Å². The van der Waals surface area contributed by atoms with Crippen LogP contribution < -0.4 is 5.32 Å². The molecule has 1 heterocycles. The van der Waals surface area contributed by atoms with Crippen LogP contribution in [0.1, 0.15) is 33.0 Å². The maximum Gasteiger partial charge on any atom is 0.106 e. The van der Waals surface area contributed by atoms with Crippen LogP contribution in [0, 0.1) is 0 Å². The fourth-order valence-electron chi connectivity index (χ4n) is 1.15. The molecule has 0 amide bonds. The predicted molar refractivity (Wildman–Crippen MR) is 54.7 cm³/mol. The monoisotopic (exact) mass is 181 g/mol. The average Bonchev–Trinajstić information content (AvgIpc) is 2.48. The minimum absolute atomic E-state index is 0.225. The minimum Gasteiger partial charge on any atom is -0.349 e. The van der Waals surface area contributed by atoms with Crippen molar-refractivity contribution in [2.75, 3.05) is 6.54 Å². The summed E-state index contributed by atoms with van der Waals surface area (Å²) < 4.78 is 0. The van der Waals surface area contributed by atoms with E-state index in [2.05, 4.69) is 36.1 Å². The first-order valence-corrected chi connectivity index (χ1v) is 4.81. The summed E-state index contributed by atoms with van der Waals surface area (Å²) in [6, 6.07) is 0. The van der Waals surface area contributed by atoms with E-state index in [0.717, 1.165) is 25.2 Å². The zero-order chi connectivity index (χ0) is 9.73. The topological polar surface area (TPSA) is 40.7 Å². The lowest BCUT2D eigenvalue weighted by atomic mass is 10.1. The van der Waals surface area contributed by atoms with Gasteiger partial charge in [-0.25, -0.2) is 4.98 Å². The Morgan fingerprint density at radius 3 is 2.77 bits per heavy atom. The first-order valence-electron chi connectivity index (χ1n) is 4.81. The molecule has 3 heteroatoms. The maximum absolute atomic E-state index is 4.17. The number of aromatic amines is 1. The highest BCUT2D eigenvalue weighted by Gasteiger charge is 2.07. The van der Waals surface area contributed by atoms with Crippen LogP contribution >= 0.6 is 0 Å². The number of aromatic nitrogens is 2. The van der Waals surface area contributed by atoms with Gasteiger partial charge in [0.05, 0.1) is 0 Å². The lowest BCUT2D eigenvalue weighted by Crippen LogP contribution is -2.36. The second-order valence-corrected chi connectivity index (χ2v) is 4.32. The smallest absolute Gasteiger partial charge is 0.106 e. The summed E-state index contributed by atoms with van der Waals surface area (Å²) in [5.74, 6) is 1.08. The molecule has 1 rings (SSSR count). The van der Waals surface area contributed by atoms with Crippen molar-refractivity contribution < 1.29 is 0 Å². The molecule has 0 aliphatic rings. The molecular weight excluding hydrogens is 162 g/mol. The van der Waals surface area contributed by atoms with Crippen LogP contribution in [-0.2, 0) is 6.42 Å². The number of aryl methyl sites for hydroxylation is 1. The number of nitrogens with one attached hydrogen (secondary N) is 2. The van der Waals surface area contributed by atoms with Crippen molar-refractivity contribution in [1.29, 1.82) is 0 Å². The zero-order valence-electron chi connectivity index (χ0n) is 8.72. The summed E-state index contributed by atoms with van der Waals surface area (Å²) in [5.41, 5.74) is 0.225. The number of H-pyrrole nitrogens is 1. The second-order valence-electron chi connectivity index (χ2n) is 4.32. The van der Waals surface area contributed by atoms with E-state index in [1.807, 2.05) is 6.20 Å². The molecule has 0 spiro atoms. The third-order valence-electron chi connectivity index (χ3n) is 1.80. The Kier molecular flexibility index (Phi) is 3.48. The van der Waals surface area contributed by atoms with Gasteiger partial charge in [0.25, 0.3) is 0 Å². The molecule has 3 nitrogen and oxygen atoms in total. The summed E-state index contributed by atoms with van der Waals surface area (Å²) in [4.78, 5) is 7.26. The van der Waals surface area contributed by atoms with Crippen molar-refractivity contribution in [3.63, 3.8) is 0 Å². The summed E-state index contributed by atoms with van der Waals surface area (Å²) in [5, 5.41) is 3.44. The van der Waals surface area contributed by atoms with Gasteiger partial charge >= 0.3 is 0 Å². The van der Waals surface area contributed by atoms with E-state index < -0.39 is 0 Å². The van der Waals surface area contributed by atoms with Crippen LogP contribution in [-0.4, -0.2) is 22.1 Å². The highest BCUT2D eigenvalue weighted by molar-refractivity contribution is 4.87. The summed E-state index contributed by atoms with van der Waals surface area (Å²) >= 11 is 0. The second kappa shape index (κ2) is 4.42. The molecule has 0 fully saturated rings. The molecule has 0 aliphatic carbocycles. The Labute approximate surface area is 80.0 Å². The molecule has 0 atom stereocenters. The van der Waals surface area contributed by atoms with Crippen LogP contribution in [0.15, 0.2) is 12.4 Å². The van der Waals surface area contributed by atoms with E-state index in [9.17, 15) is 0 Å². The van der Waals surface area contributed by atoms with Crippen molar-refractivity contribution in [1.82, 2.24) is 15.3 Å². The highest BCUT2D eigenvalue weighted by Crippen LogP contribution is 1.99. The molecule has 0 bridgehead atoms. The van der Waals surface area contributed by atoms with Gasteiger partial charge in [-0.1, -0.05) is 0 Å². The highest BCUT2D eigenvalue weighted by atomic mass is 14.9. The van der Waals surface area contributed by atoms with Gasteiger partial charge in [0.15, 0.2) is 0 Å². The molecule has 13 heavy (non-hydrogen) atoms. The zero-order valence-corrected chi connectivity index (χ0v) is 8.72. The molecule has 74 valence electrons. The van der Waals surface area contributed by atoms with Crippen molar-refractivity contribution in [2.24, 2.45) is 0 Å². The molecule has 1 aromatic heterocycles. The SMILES string of the molecule is CC(C)(C)NCCCc1ncc[nH]1. The number of hydrogen-bond donors (Lipinski definition) is 2. The number of imidazole rings is 1. The Bertz CT molecular complexity index is 221. The fraction of sp³-hybridized carbons (Fsp3) is 0.700. The van der Waals surface area contributed by atoms with E-state index in [0.29, 0.717) is 0 Å². The number of rotatable bonds is 4. The van der Waals surface area contributed by atoms with E-state index >= 15 is 0 Å². The molecule has 0 aliphatic heterocycles. The lowest BCUT2D eigenvalue weighted by molar-refractivity contribution is 0.421. The Morgan fingerprint density at radius 1 is 1.46 bits per heavy atom. The van der Waals surface area contributed by atoms with Crippen molar-refractivity contribution in [3.8, 4) is 0 Å². The van der Waals surface area contributed by atoms with Gasteiger partial charge in [-0.05, 0) is 33.7 Å². The average molecular weight is 181 g/mol. The largest absolute Gasteiger partial charge is 0.349 e. The Hall–Kier alpha value is -0.830. The van der Waals surface area contributed by atoms with Gasteiger partial charge in [-0.2, -0.15) is 0 Å². The molecule has 0 radical (unpaired) electrons. The van der Waals surface area contributed by atoms with Gasteiger partial charge < -0.3 is 10.3 Å². The quantitative estimate of drug-likeness (QED) is 0.694. The summed E-state index contributed by atoms with van der Waals surface area (Å²) in [6.07, 6.45) is 5.82. The van der Waals surface area contributed by atoms with Crippen LogP contribution in [0.2, 0.25) is 0 Å². The van der Waals surface area contributed by atoms with Gasteiger partial charge in [0.1, 0.15) is 5.82 Å². The van der Waals surface area contributed by atoms with Crippen LogP contribution in [0.4, 0.5) is 0 Å². The fourth-order valence-corrected chi connectivity index (χ4v) is 1.15. The van der Waals surface area contributed by atoms with Gasteiger partial charge in [-0.3, -0.25) is 0 Å². The van der Waals surface area contributed by atoms with E-state index in [1.54, 1.807) is 6.20 Å². The molecule has 0 saturated heterocycles. The first-order chi connectivity index (χ1) is 6.08. The van der Waals surface area contributed by atoms with Gasteiger partial charge in [-0.15, -0.1) is 0 Å². The molecule has 0 saturated carbocycles. The van der Waals surface area contributed by atoms with E-state index in [-0.39, 0.29) is 5.54 Å². The predicted octanol–water partition coefficient (Wildman–Crippen LogP) is 1.73. The Morgan fingerprint density at radius 2 is 2.23 bits per heavy atom. The van der Waals surface area contributed by atoms with E-state index in [1.165, 1.54) is 0 Å². The number of nitrogens with zero attached hydrogens (tertiary/aromatic N) is 1. The van der Waals surface area contributed by atoms with Crippen molar-refractivity contribution >= 4 is 0 Å². The minimum atomic E-state index is 0.225. The molecular formula is C10H19N3. The third-order valence-corrected chi connectivity index (χ3v) is 1.80. The van der Waals surface area contributed by atoms with Gasteiger partial charge in [0, 0.05) is 24.4 Å². The summed E-state index contributed by atoms with van der Waals surface area (Å²) in [6.45, 7) is 7.59. The van der Waals surface area contributed by atoms with Crippen molar-refractivity contribution in [3.05, 3.63) is 18.2 Å². The molecule has 1 aromatic rings. The summed E-state index contributed by atoms with van der Waals surface area (Å²) in [7, 11) is 0. The maximum atomic E-state index is 4.17. The normalized spacial score (nSPS) is 11.9. The standard InChI is InChI=1S/C10H19N3/c1-10(2,3)13-6-4-5-9-11-7-8-12-9/h7-8,13H,4-6H2,1-3H3,(H,11,12). The first kappa shape index (κ1) is 10.3. The van der Waals surface area contributed by atoms with Crippen LogP contribution in [0.5, 0.6) is 0 Å². The van der Waals surface area contributed by atoms with E-state index in [4.69, 9.17) is 0 Å². The molecule has 0 aromatic carbocycles. The lowest BCUT2D eigenvalue weighted by Gasteiger charge is -2.20. The third kappa shape index (κ3) is 4.68. The number of hydrogen-bond acceptors (Lipinski definition) is 2. The van der Waals surface area contributed by atoms with Gasteiger partial charge in [0.2, 0.25) is 0 Å². The van der Waals surface area contributed by atoms with Crippen LogP contribution in [0.3, 0.4) is 0 Å². The molecule has 2 N–H and O–H groups in total. The molecule has 0 unspecified atom stereocenters.